The molecule has 2 aromatic carbocycles. The Morgan fingerprint density at radius 1 is 1.08 bits per heavy atom. The zero-order valence-electron chi connectivity index (χ0n) is 22.1. The van der Waals surface area contributed by atoms with Gasteiger partial charge in [-0.25, -0.2) is 9.31 Å². The van der Waals surface area contributed by atoms with E-state index in [4.69, 9.17) is 14.2 Å². The number of aryl methyl sites for hydroxylation is 1. The van der Waals surface area contributed by atoms with Crippen molar-refractivity contribution in [1.82, 2.24) is 9.61 Å². The first-order valence-electron chi connectivity index (χ1n) is 12.7. The number of ether oxygens (including phenoxy) is 3. The second kappa shape index (κ2) is 10.0. The van der Waals surface area contributed by atoms with Crippen molar-refractivity contribution in [3.8, 4) is 28.0 Å². The molecule has 1 atom stereocenters. The van der Waals surface area contributed by atoms with Gasteiger partial charge < -0.3 is 14.2 Å². The molecule has 6 nitrogen and oxygen atoms in total. The molecular formula is C30H29F3N2O4. The quantitative estimate of drug-likeness (QED) is 0.255. The molecule has 0 bridgehead atoms. The average Bonchev–Trinajstić information content (AvgIpc) is 3.33. The van der Waals surface area contributed by atoms with Gasteiger partial charge in [-0.1, -0.05) is 18.2 Å². The molecule has 1 aliphatic rings. The minimum Gasteiger partial charge on any atom is -0.493 e. The molecule has 2 aromatic heterocycles. The zero-order chi connectivity index (χ0) is 27.9. The number of fused-ring (bicyclic) bond motifs is 2. The molecule has 0 fully saturated rings. The molecule has 9 heteroatoms. The van der Waals surface area contributed by atoms with Gasteiger partial charge in [-0.3, -0.25) is 0 Å². The Morgan fingerprint density at radius 3 is 2.59 bits per heavy atom. The van der Waals surface area contributed by atoms with Crippen LogP contribution in [-0.2, 0) is 26.9 Å². The first-order valence-corrected chi connectivity index (χ1v) is 12.7. The fraction of sp³-hybridized carbons (Fsp3) is 0.333. The van der Waals surface area contributed by atoms with Crippen LogP contribution in [0.15, 0.2) is 60.9 Å². The van der Waals surface area contributed by atoms with Crippen LogP contribution in [0.25, 0.3) is 27.8 Å². The molecule has 4 aromatic rings. The first kappa shape index (κ1) is 26.7. The minimum atomic E-state index is -4.77. The number of hydrogen-bond acceptors (Lipinski definition) is 5. The number of aromatic nitrogens is 2. The van der Waals surface area contributed by atoms with E-state index in [1.807, 2.05) is 24.3 Å². The lowest BCUT2D eigenvalue weighted by molar-refractivity contribution is -0.166. The van der Waals surface area contributed by atoms with Crippen LogP contribution in [0.4, 0.5) is 13.2 Å². The fourth-order valence-electron chi connectivity index (χ4n) is 5.02. The van der Waals surface area contributed by atoms with Crippen LogP contribution < -0.4 is 4.74 Å². The van der Waals surface area contributed by atoms with E-state index in [-0.39, 0.29) is 11.1 Å². The van der Waals surface area contributed by atoms with Crippen LogP contribution in [0.2, 0.25) is 0 Å². The van der Waals surface area contributed by atoms with Gasteiger partial charge in [0.1, 0.15) is 5.75 Å². The van der Waals surface area contributed by atoms with Gasteiger partial charge in [0.25, 0.3) is 0 Å². The van der Waals surface area contributed by atoms with E-state index in [9.17, 15) is 18.0 Å². The number of carbonyl (C=O) groups excluding carboxylic acids is 1. The smallest absolute Gasteiger partial charge is 0.416 e. The summed E-state index contributed by atoms with van der Waals surface area (Å²) >= 11 is 0. The van der Waals surface area contributed by atoms with Crippen molar-refractivity contribution < 1.29 is 32.2 Å². The van der Waals surface area contributed by atoms with E-state index in [0.717, 1.165) is 31.6 Å². The Morgan fingerprint density at radius 2 is 1.87 bits per heavy atom. The molecule has 1 aliphatic heterocycles. The molecule has 0 radical (unpaired) electrons. The monoisotopic (exact) mass is 538 g/mol. The Bertz CT molecular complexity index is 1540. The van der Waals surface area contributed by atoms with Gasteiger partial charge in [-0.2, -0.15) is 18.3 Å². The van der Waals surface area contributed by atoms with E-state index in [0.29, 0.717) is 34.6 Å². The highest BCUT2D eigenvalue weighted by Gasteiger charge is 2.42. The van der Waals surface area contributed by atoms with Gasteiger partial charge in [0.05, 0.1) is 36.6 Å². The molecular weight excluding hydrogens is 509 g/mol. The fourth-order valence-corrected chi connectivity index (χ4v) is 5.02. The summed E-state index contributed by atoms with van der Waals surface area (Å²) in [6.45, 7) is 5.63. The summed E-state index contributed by atoms with van der Waals surface area (Å²) in [5, 5.41) is 4.41. The van der Waals surface area contributed by atoms with Crippen molar-refractivity contribution in [3.05, 3.63) is 77.6 Å². The molecule has 0 saturated heterocycles. The second-order valence-electron chi connectivity index (χ2n) is 10.4. The number of rotatable bonds is 5. The molecule has 0 amide bonds. The van der Waals surface area contributed by atoms with E-state index in [1.165, 1.54) is 6.07 Å². The summed E-state index contributed by atoms with van der Waals surface area (Å²) in [5.74, 6) is -0.221. The van der Waals surface area contributed by atoms with Gasteiger partial charge in [0.15, 0.2) is 6.10 Å². The van der Waals surface area contributed by atoms with Crippen molar-refractivity contribution in [2.75, 3.05) is 13.7 Å². The number of pyridine rings is 1. The second-order valence-corrected chi connectivity index (χ2v) is 10.4. The predicted molar refractivity (Wildman–Crippen MR) is 140 cm³/mol. The van der Waals surface area contributed by atoms with Gasteiger partial charge >= 0.3 is 12.1 Å². The number of halogens is 3. The molecule has 0 saturated carbocycles. The number of esters is 1. The maximum absolute atomic E-state index is 14.7. The molecule has 1 unspecified atom stereocenters. The summed E-state index contributed by atoms with van der Waals surface area (Å²) in [7, 11) is 1.14. The van der Waals surface area contributed by atoms with Crippen molar-refractivity contribution in [2.45, 2.75) is 51.5 Å². The highest BCUT2D eigenvalue weighted by atomic mass is 19.4. The third-order valence-electron chi connectivity index (χ3n) is 6.61. The zero-order valence-corrected chi connectivity index (χ0v) is 22.1. The topological polar surface area (TPSA) is 62.1 Å². The summed E-state index contributed by atoms with van der Waals surface area (Å²) in [5.41, 5.74) is 1.23. The summed E-state index contributed by atoms with van der Waals surface area (Å²) in [4.78, 5) is 13.1. The number of benzene rings is 2. The van der Waals surface area contributed by atoms with Gasteiger partial charge in [-0.15, -0.1) is 0 Å². The molecule has 0 aliphatic carbocycles. The summed E-state index contributed by atoms with van der Waals surface area (Å²) in [6, 6.07) is 13.3. The number of methoxy groups -OCH3 is 1. The molecule has 0 spiro atoms. The third-order valence-corrected chi connectivity index (χ3v) is 6.61. The van der Waals surface area contributed by atoms with Crippen LogP contribution in [0.3, 0.4) is 0 Å². The Kier molecular flexibility index (Phi) is 6.88. The molecule has 5 rings (SSSR count). The lowest BCUT2D eigenvalue weighted by atomic mass is 9.84. The van der Waals surface area contributed by atoms with Gasteiger partial charge in [0.2, 0.25) is 0 Å². The maximum Gasteiger partial charge on any atom is 0.416 e. The van der Waals surface area contributed by atoms with Crippen LogP contribution in [0.1, 0.15) is 50.0 Å². The van der Waals surface area contributed by atoms with Crippen LogP contribution in [-0.4, -0.2) is 34.9 Å². The normalized spacial score (nSPS) is 14.5. The molecule has 39 heavy (non-hydrogen) atoms. The SMILES string of the molecule is COC(=O)C(OC(C)(C)C)c1c(C(F)(F)F)ccc(-c2cnn3ccccc23)c1-c1ccc2c(c1)CCCO2. The molecule has 204 valence electrons. The van der Waals surface area contributed by atoms with Crippen molar-refractivity contribution in [3.63, 3.8) is 0 Å². The van der Waals surface area contributed by atoms with E-state index in [2.05, 4.69) is 5.10 Å². The minimum absolute atomic E-state index is 0.233. The van der Waals surface area contributed by atoms with Crippen molar-refractivity contribution in [2.24, 2.45) is 0 Å². The van der Waals surface area contributed by atoms with Crippen LogP contribution in [0.5, 0.6) is 5.75 Å². The van der Waals surface area contributed by atoms with Gasteiger partial charge in [-0.05, 0) is 86.2 Å². The first-order chi connectivity index (χ1) is 18.5. The number of carbonyl (C=O) groups is 1. The van der Waals surface area contributed by atoms with Crippen molar-refractivity contribution in [1.29, 1.82) is 0 Å². The number of hydrogen-bond donors (Lipinski definition) is 0. The lowest BCUT2D eigenvalue weighted by Crippen LogP contribution is -2.30. The van der Waals surface area contributed by atoms with E-state index < -0.39 is 29.4 Å². The summed E-state index contributed by atoms with van der Waals surface area (Å²) < 4.78 is 62.4. The Hall–Kier alpha value is -3.85. The lowest BCUT2D eigenvalue weighted by Gasteiger charge is -2.30. The van der Waals surface area contributed by atoms with Crippen LogP contribution in [0, 0.1) is 0 Å². The van der Waals surface area contributed by atoms with E-state index in [1.54, 1.807) is 49.8 Å². The molecule has 3 heterocycles. The predicted octanol–water partition coefficient (Wildman–Crippen LogP) is 7.04. The number of alkyl halides is 3. The third kappa shape index (κ3) is 5.23. The summed E-state index contributed by atoms with van der Waals surface area (Å²) in [6.07, 6.45) is -1.51. The van der Waals surface area contributed by atoms with E-state index >= 15 is 0 Å². The average molecular weight is 539 g/mol. The molecule has 0 N–H and O–H groups in total. The number of nitrogens with zero attached hydrogens (tertiary/aromatic N) is 2. The Balaban J connectivity index is 1.90. The maximum atomic E-state index is 14.7. The van der Waals surface area contributed by atoms with Crippen LogP contribution >= 0.6 is 0 Å². The highest BCUT2D eigenvalue weighted by Crippen LogP contribution is 2.48. The Labute approximate surface area is 224 Å². The highest BCUT2D eigenvalue weighted by molar-refractivity contribution is 5.95. The standard InChI is InChI=1S/C30H29F3N2O4/c1-29(2,3)39-27(28(36)37-4)26-22(30(31,32)33)12-11-20(21-17-34-35-14-6-5-9-23(21)35)25(26)19-10-13-24-18(16-19)8-7-15-38-24/h5-6,9-14,16-17,27H,7-8,15H2,1-4H3. The van der Waals surface area contributed by atoms with Gasteiger partial charge in [0, 0.05) is 17.3 Å². The van der Waals surface area contributed by atoms with Crippen molar-refractivity contribution >= 4 is 11.5 Å². The largest absolute Gasteiger partial charge is 0.493 e.